The van der Waals surface area contributed by atoms with E-state index < -0.39 is 0 Å². The Labute approximate surface area is 73.5 Å². The van der Waals surface area contributed by atoms with Crippen LogP contribution in [-0.4, -0.2) is 25.1 Å². The van der Waals surface area contributed by atoms with Crippen LogP contribution in [0.3, 0.4) is 0 Å². The second-order valence-corrected chi connectivity index (χ2v) is 2.57. The molecular formula is C6H8N6O. The average Bonchev–Trinajstić information content (AvgIpc) is 2.71. The molecule has 2 rings (SSSR count). The van der Waals surface area contributed by atoms with E-state index in [2.05, 4.69) is 25.0 Å². The van der Waals surface area contributed by atoms with Gasteiger partial charge < -0.3 is 10.3 Å². The molecule has 0 bridgehead atoms. The van der Waals surface area contributed by atoms with Gasteiger partial charge in [-0.2, -0.15) is 4.98 Å². The van der Waals surface area contributed by atoms with Gasteiger partial charge in [-0.25, -0.2) is 4.68 Å². The average molecular weight is 180 g/mol. The molecule has 2 aromatic heterocycles. The summed E-state index contributed by atoms with van der Waals surface area (Å²) in [6, 6.07) is 0. The zero-order valence-corrected chi connectivity index (χ0v) is 7.01. The minimum absolute atomic E-state index is 0.420. The van der Waals surface area contributed by atoms with E-state index in [0.717, 1.165) is 5.69 Å². The first-order valence-corrected chi connectivity index (χ1v) is 3.68. The van der Waals surface area contributed by atoms with Crippen molar-refractivity contribution >= 4 is 5.82 Å². The minimum atomic E-state index is 0.420. The number of aromatic nitrogens is 5. The number of nitrogens with zero attached hydrogens (tertiary/aromatic N) is 5. The van der Waals surface area contributed by atoms with Crippen molar-refractivity contribution < 1.29 is 4.52 Å². The van der Waals surface area contributed by atoms with E-state index in [4.69, 9.17) is 5.73 Å². The van der Waals surface area contributed by atoms with E-state index in [1.807, 2.05) is 6.92 Å². The quantitative estimate of drug-likeness (QED) is 0.675. The molecule has 0 spiro atoms. The molecule has 68 valence electrons. The van der Waals surface area contributed by atoms with E-state index in [-0.39, 0.29) is 0 Å². The Balaban J connectivity index is 2.24. The molecule has 0 saturated heterocycles. The SMILES string of the molecule is Cc1c(N)nnn1Cc1ncon1. The largest absolute Gasteiger partial charge is 0.381 e. The zero-order valence-electron chi connectivity index (χ0n) is 7.01. The van der Waals surface area contributed by atoms with Crippen molar-refractivity contribution in [3.8, 4) is 0 Å². The number of rotatable bonds is 2. The number of nitrogen functional groups attached to an aromatic ring is 1. The summed E-state index contributed by atoms with van der Waals surface area (Å²) in [7, 11) is 0. The Morgan fingerprint density at radius 3 is 3.00 bits per heavy atom. The second-order valence-electron chi connectivity index (χ2n) is 2.57. The summed E-state index contributed by atoms with van der Waals surface area (Å²) in [6.07, 6.45) is 1.27. The van der Waals surface area contributed by atoms with Crippen molar-refractivity contribution in [2.45, 2.75) is 13.5 Å². The molecule has 7 heteroatoms. The van der Waals surface area contributed by atoms with Crippen LogP contribution in [0.15, 0.2) is 10.9 Å². The Morgan fingerprint density at radius 1 is 1.62 bits per heavy atom. The Hall–Kier alpha value is -1.92. The van der Waals surface area contributed by atoms with E-state index in [0.29, 0.717) is 18.2 Å². The molecule has 0 aliphatic heterocycles. The highest BCUT2D eigenvalue weighted by atomic mass is 16.5. The summed E-state index contributed by atoms with van der Waals surface area (Å²) in [6.45, 7) is 2.25. The lowest BCUT2D eigenvalue weighted by Gasteiger charge is -1.96. The Morgan fingerprint density at radius 2 is 2.46 bits per heavy atom. The number of hydrogen-bond acceptors (Lipinski definition) is 6. The molecule has 2 N–H and O–H groups in total. The van der Waals surface area contributed by atoms with E-state index >= 15 is 0 Å². The summed E-state index contributed by atoms with van der Waals surface area (Å²) < 4.78 is 6.19. The number of anilines is 1. The maximum absolute atomic E-state index is 5.51. The minimum Gasteiger partial charge on any atom is -0.381 e. The molecule has 2 heterocycles. The maximum atomic E-state index is 5.51. The molecule has 0 aromatic carbocycles. The number of hydrogen-bond donors (Lipinski definition) is 1. The summed E-state index contributed by atoms with van der Waals surface area (Å²) in [5.74, 6) is 0.969. The summed E-state index contributed by atoms with van der Waals surface area (Å²) in [5.41, 5.74) is 6.31. The van der Waals surface area contributed by atoms with E-state index in [1.54, 1.807) is 4.68 Å². The summed E-state index contributed by atoms with van der Waals surface area (Å²) in [4.78, 5) is 3.85. The normalized spacial score (nSPS) is 10.5. The van der Waals surface area contributed by atoms with Crippen molar-refractivity contribution in [1.82, 2.24) is 25.1 Å². The van der Waals surface area contributed by atoms with Gasteiger partial charge in [0.1, 0.15) is 6.54 Å². The van der Waals surface area contributed by atoms with Crippen molar-refractivity contribution in [3.05, 3.63) is 17.9 Å². The van der Waals surface area contributed by atoms with Gasteiger partial charge in [0.2, 0.25) is 6.39 Å². The maximum Gasteiger partial charge on any atom is 0.213 e. The predicted molar refractivity (Wildman–Crippen MR) is 42.6 cm³/mol. The highest BCUT2D eigenvalue weighted by Crippen LogP contribution is 2.05. The first kappa shape index (κ1) is 7.71. The highest BCUT2D eigenvalue weighted by molar-refractivity contribution is 5.31. The third-order valence-electron chi connectivity index (χ3n) is 1.72. The fraction of sp³-hybridized carbons (Fsp3) is 0.333. The van der Waals surface area contributed by atoms with Crippen LogP contribution in [0, 0.1) is 6.92 Å². The lowest BCUT2D eigenvalue weighted by atomic mass is 10.4. The highest BCUT2D eigenvalue weighted by Gasteiger charge is 2.07. The van der Waals surface area contributed by atoms with Gasteiger partial charge in [0, 0.05) is 0 Å². The smallest absolute Gasteiger partial charge is 0.213 e. The summed E-state index contributed by atoms with van der Waals surface area (Å²) >= 11 is 0. The molecule has 2 aromatic rings. The zero-order chi connectivity index (χ0) is 9.26. The molecule has 13 heavy (non-hydrogen) atoms. The third kappa shape index (κ3) is 1.35. The third-order valence-corrected chi connectivity index (χ3v) is 1.72. The van der Waals surface area contributed by atoms with Crippen LogP contribution in [0.2, 0.25) is 0 Å². The van der Waals surface area contributed by atoms with Crippen molar-refractivity contribution in [2.75, 3.05) is 5.73 Å². The number of nitrogens with two attached hydrogens (primary N) is 1. The van der Waals surface area contributed by atoms with Crippen molar-refractivity contribution in [3.63, 3.8) is 0 Å². The van der Waals surface area contributed by atoms with Gasteiger partial charge in [-0.3, -0.25) is 0 Å². The molecule has 7 nitrogen and oxygen atoms in total. The van der Waals surface area contributed by atoms with Crippen molar-refractivity contribution in [2.24, 2.45) is 0 Å². The second kappa shape index (κ2) is 2.85. The molecule has 0 fully saturated rings. The first-order valence-electron chi connectivity index (χ1n) is 3.68. The first-order chi connectivity index (χ1) is 6.27. The Bertz CT molecular complexity index is 391. The van der Waals surface area contributed by atoms with Crippen LogP contribution >= 0.6 is 0 Å². The van der Waals surface area contributed by atoms with E-state index in [1.165, 1.54) is 6.39 Å². The van der Waals surface area contributed by atoms with Crippen LogP contribution in [0.5, 0.6) is 0 Å². The molecular weight excluding hydrogens is 172 g/mol. The van der Waals surface area contributed by atoms with Crippen LogP contribution in [0.1, 0.15) is 11.5 Å². The lowest BCUT2D eigenvalue weighted by Crippen LogP contribution is -2.05. The van der Waals surface area contributed by atoms with Gasteiger partial charge in [-0.15, -0.1) is 5.10 Å². The lowest BCUT2D eigenvalue weighted by molar-refractivity contribution is 0.406. The summed E-state index contributed by atoms with van der Waals surface area (Å²) in [5, 5.41) is 11.2. The monoisotopic (exact) mass is 180 g/mol. The molecule has 0 aliphatic carbocycles. The molecule has 0 amide bonds. The molecule has 0 atom stereocenters. The fourth-order valence-corrected chi connectivity index (χ4v) is 0.920. The van der Waals surface area contributed by atoms with Gasteiger partial charge >= 0.3 is 0 Å². The molecule has 0 radical (unpaired) electrons. The predicted octanol–water partition coefficient (Wildman–Crippen LogP) is -0.400. The molecule has 0 saturated carbocycles. The van der Waals surface area contributed by atoms with Crippen LogP contribution in [0.4, 0.5) is 5.82 Å². The Kier molecular flexibility index (Phi) is 1.69. The van der Waals surface area contributed by atoms with Crippen LogP contribution < -0.4 is 5.73 Å². The topological polar surface area (TPSA) is 95.7 Å². The van der Waals surface area contributed by atoms with Gasteiger partial charge in [0.05, 0.1) is 5.69 Å². The van der Waals surface area contributed by atoms with Crippen molar-refractivity contribution in [1.29, 1.82) is 0 Å². The van der Waals surface area contributed by atoms with Gasteiger partial charge in [-0.05, 0) is 6.92 Å². The molecule has 0 aliphatic rings. The van der Waals surface area contributed by atoms with Gasteiger partial charge in [0.25, 0.3) is 0 Å². The molecule has 0 unspecified atom stereocenters. The van der Waals surface area contributed by atoms with Gasteiger partial charge in [0.15, 0.2) is 11.6 Å². The van der Waals surface area contributed by atoms with Gasteiger partial charge in [-0.1, -0.05) is 10.4 Å². The van der Waals surface area contributed by atoms with E-state index in [9.17, 15) is 0 Å². The van der Waals surface area contributed by atoms with Crippen LogP contribution in [-0.2, 0) is 6.54 Å². The standard InChI is InChI=1S/C6H8N6O/c1-4-6(7)9-11-12(4)2-5-8-3-13-10-5/h3H,2,7H2,1H3. The van der Waals surface area contributed by atoms with Crippen LogP contribution in [0.25, 0.3) is 0 Å². The fourth-order valence-electron chi connectivity index (χ4n) is 0.920.